The first kappa shape index (κ1) is 11.5. The molecule has 0 amide bonds. The van der Waals surface area contributed by atoms with Gasteiger partial charge in [0.1, 0.15) is 0 Å². The van der Waals surface area contributed by atoms with Gasteiger partial charge in [-0.05, 0) is 17.7 Å². The number of nitrogens with two attached hydrogens (primary N) is 1. The largest absolute Gasteiger partial charge is 0.478 e. The third kappa shape index (κ3) is 2.70. The summed E-state index contributed by atoms with van der Waals surface area (Å²) in [6.07, 6.45) is 0. The molecule has 0 heterocycles. The highest BCUT2D eigenvalue weighted by molar-refractivity contribution is 5.89. The van der Waals surface area contributed by atoms with Crippen molar-refractivity contribution in [1.82, 2.24) is 0 Å². The molecule has 0 saturated carbocycles. The van der Waals surface area contributed by atoms with E-state index in [0.29, 0.717) is 12.3 Å². The summed E-state index contributed by atoms with van der Waals surface area (Å²) >= 11 is 0. The molecule has 15 heavy (non-hydrogen) atoms. The van der Waals surface area contributed by atoms with Crippen LogP contribution in [-0.4, -0.2) is 24.8 Å². The van der Waals surface area contributed by atoms with Crippen LogP contribution in [0.25, 0.3) is 0 Å². The number of ether oxygens (including phenoxy) is 1. The zero-order valence-electron chi connectivity index (χ0n) is 8.86. The molecule has 4 nitrogen and oxygen atoms in total. The Bertz CT molecular complexity index is 363. The van der Waals surface area contributed by atoms with Gasteiger partial charge in [-0.2, -0.15) is 0 Å². The van der Waals surface area contributed by atoms with Crippen molar-refractivity contribution in [3.63, 3.8) is 0 Å². The van der Waals surface area contributed by atoms with Crippen LogP contribution in [0.3, 0.4) is 0 Å². The lowest BCUT2D eigenvalue weighted by Gasteiger charge is -2.13. The second-order valence-corrected chi connectivity index (χ2v) is 3.51. The average molecular weight is 209 g/mol. The van der Waals surface area contributed by atoms with Gasteiger partial charge in [0.25, 0.3) is 0 Å². The van der Waals surface area contributed by atoms with Crippen molar-refractivity contribution in [3.05, 3.63) is 29.3 Å². The molecule has 0 aliphatic carbocycles. The Morgan fingerprint density at radius 2 is 2.27 bits per heavy atom. The fourth-order valence-corrected chi connectivity index (χ4v) is 1.50. The first-order valence-electron chi connectivity index (χ1n) is 4.68. The molecule has 0 aromatic heterocycles. The van der Waals surface area contributed by atoms with E-state index in [1.54, 1.807) is 19.2 Å². The molecule has 0 aliphatic rings. The molecular weight excluding hydrogens is 194 g/mol. The highest BCUT2D eigenvalue weighted by Crippen LogP contribution is 2.23. The molecule has 0 radical (unpaired) electrons. The third-order valence-electron chi connectivity index (χ3n) is 2.28. The first-order valence-corrected chi connectivity index (χ1v) is 4.68. The molecule has 1 aromatic rings. The van der Waals surface area contributed by atoms with Crippen molar-refractivity contribution in [2.45, 2.75) is 12.8 Å². The fourth-order valence-electron chi connectivity index (χ4n) is 1.50. The van der Waals surface area contributed by atoms with Crippen molar-refractivity contribution in [3.8, 4) is 0 Å². The van der Waals surface area contributed by atoms with Crippen LogP contribution in [0.2, 0.25) is 0 Å². The van der Waals surface area contributed by atoms with Gasteiger partial charge in [-0.25, -0.2) is 4.79 Å². The monoisotopic (exact) mass is 209 g/mol. The summed E-state index contributed by atoms with van der Waals surface area (Å²) in [5, 5.41) is 8.76. The third-order valence-corrected chi connectivity index (χ3v) is 2.28. The number of carboxylic acid groups (broad SMARTS) is 1. The van der Waals surface area contributed by atoms with Gasteiger partial charge in [-0.3, -0.25) is 0 Å². The second kappa shape index (κ2) is 4.79. The van der Waals surface area contributed by atoms with E-state index in [2.05, 4.69) is 0 Å². The summed E-state index contributed by atoms with van der Waals surface area (Å²) in [5.74, 6) is -0.800. The number of rotatable bonds is 4. The predicted octanol–water partition coefficient (Wildman–Crippen LogP) is 1.72. The summed E-state index contributed by atoms with van der Waals surface area (Å²) in [7, 11) is 1.62. The van der Waals surface area contributed by atoms with Crippen LogP contribution in [0.15, 0.2) is 18.2 Å². The highest BCUT2D eigenvalue weighted by atomic mass is 16.5. The quantitative estimate of drug-likeness (QED) is 0.740. The van der Waals surface area contributed by atoms with Crippen LogP contribution in [-0.2, 0) is 4.74 Å². The van der Waals surface area contributed by atoms with E-state index in [-0.39, 0.29) is 11.5 Å². The van der Waals surface area contributed by atoms with Gasteiger partial charge in [-0.15, -0.1) is 0 Å². The Labute approximate surface area is 88.7 Å². The van der Waals surface area contributed by atoms with Crippen molar-refractivity contribution < 1.29 is 14.6 Å². The Hall–Kier alpha value is -1.55. The molecule has 1 rings (SSSR count). The fraction of sp³-hybridized carbons (Fsp3) is 0.364. The van der Waals surface area contributed by atoms with Crippen molar-refractivity contribution in [2.75, 3.05) is 19.5 Å². The summed E-state index contributed by atoms with van der Waals surface area (Å²) in [6.45, 7) is 2.55. The Balaban J connectivity index is 2.97. The van der Waals surface area contributed by atoms with Crippen LogP contribution in [0.5, 0.6) is 0 Å². The number of carboxylic acids is 1. The van der Waals surface area contributed by atoms with E-state index < -0.39 is 5.97 Å². The molecule has 0 saturated heterocycles. The first-order chi connectivity index (χ1) is 7.06. The van der Waals surface area contributed by atoms with Crippen LogP contribution in [0.1, 0.15) is 28.8 Å². The number of carbonyl (C=O) groups is 1. The number of aromatic carboxylic acids is 1. The van der Waals surface area contributed by atoms with Crippen molar-refractivity contribution in [2.24, 2.45) is 0 Å². The van der Waals surface area contributed by atoms with E-state index in [4.69, 9.17) is 15.6 Å². The minimum absolute atomic E-state index is 0.165. The van der Waals surface area contributed by atoms with Gasteiger partial charge >= 0.3 is 5.97 Å². The summed E-state index contributed by atoms with van der Waals surface area (Å²) < 4.78 is 5.02. The van der Waals surface area contributed by atoms with Crippen LogP contribution in [0.4, 0.5) is 5.69 Å². The molecule has 1 atom stereocenters. The van der Waals surface area contributed by atoms with E-state index in [1.807, 2.05) is 6.92 Å². The molecule has 0 bridgehead atoms. The Morgan fingerprint density at radius 1 is 1.60 bits per heavy atom. The average Bonchev–Trinajstić information content (AvgIpc) is 2.17. The molecule has 0 aliphatic heterocycles. The maximum atomic E-state index is 10.7. The number of benzene rings is 1. The number of anilines is 1. The summed E-state index contributed by atoms with van der Waals surface area (Å²) in [4.78, 5) is 10.7. The number of hydrogen-bond donors (Lipinski definition) is 2. The minimum Gasteiger partial charge on any atom is -0.478 e. The summed E-state index contributed by atoms with van der Waals surface area (Å²) in [6, 6.07) is 4.77. The zero-order chi connectivity index (χ0) is 11.4. The molecule has 0 spiro atoms. The Morgan fingerprint density at radius 3 is 2.73 bits per heavy atom. The van der Waals surface area contributed by atoms with Crippen LogP contribution >= 0.6 is 0 Å². The van der Waals surface area contributed by atoms with Gasteiger partial charge < -0.3 is 15.6 Å². The molecule has 1 aromatic carbocycles. The number of nitrogen functional groups attached to an aromatic ring is 1. The van der Waals surface area contributed by atoms with Gasteiger partial charge in [0.2, 0.25) is 0 Å². The lowest BCUT2D eigenvalue weighted by molar-refractivity contribution is 0.0697. The zero-order valence-corrected chi connectivity index (χ0v) is 8.86. The van der Waals surface area contributed by atoms with E-state index in [1.165, 1.54) is 6.07 Å². The second-order valence-electron chi connectivity index (χ2n) is 3.51. The molecule has 82 valence electrons. The summed E-state index contributed by atoms with van der Waals surface area (Å²) in [5.41, 5.74) is 7.40. The van der Waals surface area contributed by atoms with Crippen LogP contribution in [0, 0.1) is 0 Å². The van der Waals surface area contributed by atoms with Crippen LogP contribution < -0.4 is 5.73 Å². The van der Waals surface area contributed by atoms with Gasteiger partial charge in [0.15, 0.2) is 0 Å². The maximum Gasteiger partial charge on any atom is 0.335 e. The van der Waals surface area contributed by atoms with Crippen molar-refractivity contribution in [1.29, 1.82) is 0 Å². The maximum absolute atomic E-state index is 10.7. The smallest absolute Gasteiger partial charge is 0.335 e. The molecule has 3 N–H and O–H groups in total. The topological polar surface area (TPSA) is 72.5 Å². The predicted molar refractivity (Wildman–Crippen MR) is 58.1 cm³/mol. The molecule has 4 heteroatoms. The molecule has 0 fully saturated rings. The molecule has 0 unspecified atom stereocenters. The standard InChI is InChI=1S/C11H15NO3/c1-7(6-15-2)9-4-3-8(11(13)14)5-10(9)12/h3-5,7H,6,12H2,1-2H3,(H,13,14)/t7-/m1/s1. The lowest BCUT2D eigenvalue weighted by Crippen LogP contribution is -2.07. The molecular formula is C11H15NO3. The SMILES string of the molecule is COC[C@@H](C)c1ccc(C(=O)O)cc1N. The van der Waals surface area contributed by atoms with E-state index in [0.717, 1.165) is 5.56 Å². The number of hydrogen-bond acceptors (Lipinski definition) is 3. The highest BCUT2D eigenvalue weighted by Gasteiger charge is 2.11. The van der Waals surface area contributed by atoms with Gasteiger partial charge in [0.05, 0.1) is 12.2 Å². The Kier molecular flexibility index (Phi) is 3.68. The van der Waals surface area contributed by atoms with Gasteiger partial charge in [-0.1, -0.05) is 13.0 Å². The van der Waals surface area contributed by atoms with Gasteiger partial charge in [0, 0.05) is 18.7 Å². The van der Waals surface area contributed by atoms with E-state index >= 15 is 0 Å². The number of methoxy groups -OCH3 is 1. The lowest BCUT2D eigenvalue weighted by atomic mass is 9.98. The normalized spacial score (nSPS) is 12.4. The van der Waals surface area contributed by atoms with E-state index in [9.17, 15) is 4.79 Å². The van der Waals surface area contributed by atoms with Crippen molar-refractivity contribution >= 4 is 11.7 Å². The minimum atomic E-state index is -0.965.